The van der Waals surface area contributed by atoms with Crippen LogP contribution in [0.2, 0.25) is 5.02 Å². The molecular weight excluding hydrogens is 491 g/mol. The molecule has 3 aromatic rings. The maximum Gasteiger partial charge on any atom is 0.303 e. The van der Waals surface area contributed by atoms with Crippen LogP contribution in [0.25, 0.3) is 10.9 Å². The molecule has 1 saturated heterocycles. The maximum atomic E-state index is 15.5. The van der Waals surface area contributed by atoms with E-state index in [-0.39, 0.29) is 18.3 Å². The lowest BCUT2D eigenvalue weighted by Gasteiger charge is -2.38. The molecule has 1 fully saturated rings. The fourth-order valence-corrected chi connectivity index (χ4v) is 5.70. The molecule has 1 N–H and O–H groups in total. The van der Waals surface area contributed by atoms with Crippen molar-refractivity contribution in [2.24, 2.45) is 11.8 Å². The molecule has 198 valence electrons. The molecule has 3 atom stereocenters. The van der Waals surface area contributed by atoms with E-state index in [1.807, 2.05) is 30.3 Å². The number of carboxylic acids is 1. The fraction of sp³-hybridized carbons (Fsp3) is 0.467. The van der Waals surface area contributed by atoms with Crippen LogP contribution in [0.5, 0.6) is 5.75 Å². The fourth-order valence-electron chi connectivity index (χ4n) is 5.57. The van der Waals surface area contributed by atoms with Gasteiger partial charge in [-0.1, -0.05) is 23.7 Å². The number of carboxylic acid groups (broad SMARTS) is 1. The minimum atomic E-state index is -1.13. The van der Waals surface area contributed by atoms with Crippen molar-refractivity contribution in [1.29, 1.82) is 0 Å². The summed E-state index contributed by atoms with van der Waals surface area (Å²) in [6.45, 7) is 2.67. The second kappa shape index (κ2) is 13.2. The van der Waals surface area contributed by atoms with Gasteiger partial charge in [-0.15, -0.1) is 0 Å². The topological polar surface area (TPSA) is 62.7 Å². The number of alkyl halides is 1. The summed E-state index contributed by atoms with van der Waals surface area (Å²) in [6, 6.07) is 15.2. The van der Waals surface area contributed by atoms with Gasteiger partial charge in [0, 0.05) is 29.6 Å². The lowest BCUT2D eigenvalue weighted by atomic mass is 9.79. The molecule has 0 saturated carbocycles. The first-order valence-corrected chi connectivity index (χ1v) is 13.6. The molecule has 1 aliphatic heterocycles. The highest BCUT2D eigenvalue weighted by molar-refractivity contribution is 6.30. The summed E-state index contributed by atoms with van der Waals surface area (Å²) in [7, 11) is 1.60. The Kier molecular flexibility index (Phi) is 9.75. The van der Waals surface area contributed by atoms with Gasteiger partial charge in [0.15, 0.2) is 0 Å². The molecular formula is C30H36ClFN2O3. The number of pyridine rings is 1. The molecule has 1 unspecified atom stereocenters. The van der Waals surface area contributed by atoms with Crippen LogP contribution in [0.1, 0.15) is 55.8 Å². The van der Waals surface area contributed by atoms with Crippen LogP contribution in [0.4, 0.5) is 4.39 Å². The number of nitrogens with zero attached hydrogens (tertiary/aromatic N) is 2. The minimum absolute atomic E-state index is 0.0454. The summed E-state index contributed by atoms with van der Waals surface area (Å²) in [4.78, 5) is 18.4. The average molecular weight is 527 g/mol. The predicted molar refractivity (Wildman–Crippen MR) is 146 cm³/mol. The highest BCUT2D eigenvalue weighted by Crippen LogP contribution is 2.36. The number of aryl methyl sites for hydroxylation is 1. The molecule has 0 bridgehead atoms. The number of ether oxygens (including phenoxy) is 1. The average Bonchev–Trinajstić information content (AvgIpc) is 2.90. The van der Waals surface area contributed by atoms with E-state index in [4.69, 9.17) is 16.3 Å². The van der Waals surface area contributed by atoms with Crippen molar-refractivity contribution >= 4 is 28.5 Å². The van der Waals surface area contributed by atoms with E-state index in [9.17, 15) is 9.90 Å². The number of methoxy groups -OCH3 is 1. The van der Waals surface area contributed by atoms with Crippen LogP contribution >= 0.6 is 11.6 Å². The largest absolute Gasteiger partial charge is 0.497 e. The predicted octanol–water partition coefficient (Wildman–Crippen LogP) is 7.12. The standard InChI is InChI=1S/C30H36ClFN2O3/c1-37-25-10-12-29-27(19-25)26(13-15-33-29)28(32)11-7-22-14-17-34(20-23(22)18-30(35)36)16-3-2-4-21-5-8-24(31)9-6-21/h5-6,8-10,12-13,15,19,22-23,28H,2-4,7,11,14,16-18,20H2,1H3,(H,35,36)/t22-,23+,28?/m1/s1. The molecule has 1 aliphatic rings. The van der Waals surface area contributed by atoms with Crippen molar-refractivity contribution in [2.45, 2.75) is 51.1 Å². The van der Waals surface area contributed by atoms with Crippen LogP contribution in [-0.2, 0) is 11.2 Å². The number of halogens is 2. The molecule has 2 heterocycles. The van der Waals surface area contributed by atoms with Gasteiger partial charge in [0.1, 0.15) is 11.9 Å². The lowest BCUT2D eigenvalue weighted by molar-refractivity contribution is -0.139. The lowest BCUT2D eigenvalue weighted by Crippen LogP contribution is -2.41. The van der Waals surface area contributed by atoms with Crippen LogP contribution in [0.3, 0.4) is 0 Å². The zero-order valence-electron chi connectivity index (χ0n) is 21.4. The van der Waals surface area contributed by atoms with Gasteiger partial charge in [-0.25, -0.2) is 4.39 Å². The maximum absolute atomic E-state index is 15.5. The Morgan fingerprint density at radius 3 is 2.76 bits per heavy atom. The number of carbonyl (C=O) groups is 1. The molecule has 7 heteroatoms. The van der Waals surface area contributed by atoms with E-state index < -0.39 is 12.1 Å². The number of unbranched alkanes of at least 4 members (excludes halogenated alkanes) is 1. The third-order valence-electron chi connectivity index (χ3n) is 7.63. The third kappa shape index (κ3) is 7.65. The van der Waals surface area contributed by atoms with Crippen molar-refractivity contribution in [1.82, 2.24) is 9.88 Å². The number of piperidine rings is 1. The van der Waals surface area contributed by atoms with Gasteiger partial charge in [-0.2, -0.15) is 0 Å². The Balaban J connectivity index is 1.30. The van der Waals surface area contributed by atoms with Crippen molar-refractivity contribution < 1.29 is 19.0 Å². The minimum Gasteiger partial charge on any atom is -0.497 e. The molecule has 0 amide bonds. The van der Waals surface area contributed by atoms with E-state index in [1.54, 1.807) is 19.4 Å². The number of hydrogen-bond acceptors (Lipinski definition) is 4. The number of fused-ring (bicyclic) bond motifs is 1. The first-order valence-electron chi connectivity index (χ1n) is 13.2. The SMILES string of the molecule is COc1ccc2nccc(C(F)CC[C@@H]3CCN(CCCCc4ccc(Cl)cc4)C[C@@H]3CC(=O)O)c2c1. The molecule has 0 radical (unpaired) electrons. The monoisotopic (exact) mass is 526 g/mol. The van der Waals surface area contributed by atoms with E-state index in [1.165, 1.54) is 5.56 Å². The summed E-state index contributed by atoms with van der Waals surface area (Å²) in [5, 5.41) is 11.1. The van der Waals surface area contributed by atoms with Gasteiger partial charge >= 0.3 is 5.97 Å². The highest BCUT2D eigenvalue weighted by atomic mass is 35.5. The van der Waals surface area contributed by atoms with Crippen molar-refractivity contribution in [3.05, 3.63) is 70.9 Å². The van der Waals surface area contributed by atoms with Gasteiger partial charge in [-0.3, -0.25) is 9.78 Å². The summed E-state index contributed by atoms with van der Waals surface area (Å²) in [5.74, 6) is 0.158. The molecule has 4 rings (SSSR count). The Hall–Kier alpha value is -2.70. The Morgan fingerprint density at radius 2 is 2.00 bits per heavy atom. The number of aliphatic carboxylic acids is 1. The van der Waals surface area contributed by atoms with Gasteiger partial charge in [0.25, 0.3) is 0 Å². The molecule has 0 spiro atoms. The summed E-state index contributed by atoms with van der Waals surface area (Å²) in [6.07, 6.45) is 5.78. The number of hydrogen-bond donors (Lipinski definition) is 1. The van der Waals surface area contributed by atoms with E-state index >= 15 is 4.39 Å². The highest BCUT2D eigenvalue weighted by Gasteiger charge is 2.31. The first kappa shape index (κ1) is 27.3. The second-order valence-electron chi connectivity index (χ2n) is 10.1. The molecule has 1 aromatic heterocycles. The van der Waals surface area contributed by atoms with Gasteiger partial charge in [-0.05, 0) is 111 Å². The number of likely N-dealkylation sites (tertiary alicyclic amines) is 1. The van der Waals surface area contributed by atoms with Gasteiger partial charge in [0.05, 0.1) is 12.6 Å². The third-order valence-corrected chi connectivity index (χ3v) is 7.88. The second-order valence-corrected chi connectivity index (χ2v) is 10.6. The normalized spacial score (nSPS) is 19.1. The smallest absolute Gasteiger partial charge is 0.303 e. The van der Waals surface area contributed by atoms with Crippen molar-refractivity contribution in [3.63, 3.8) is 0 Å². The summed E-state index contributed by atoms with van der Waals surface area (Å²) < 4.78 is 20.8. The molecule has 0 aliphatic carbocycles. The number of aromatic nitrogens is 1. The zero-order valence-corrected chi connectivity index (χ0v) is 22.2. The molecule has 5 nitrogen and oxygen atoms in total. The van der Waals surface area contributed by atoms with E-state index in [0.29, 0.717) is 24.2 Å². The van der Waals surface area contributed by atoms with Crippen LogP contribution in [-0.4, -0.2) is 47.7 Å². The Labute approximate surface area is 223 Å². The first-order chi connectivity index (χ1) is 17.9. The molecule has 2 aromatic carbocycles. The van der Waals surface area contributed by atoms with Crippen molar-refractivity contribution in [3.8, 4) is 5.75 Å². The van der Waals surface area contributed by atoms with Crippen LogP contribution in [0.15, 0.2) is 54.7 Å². The Morgan fingerprint density at radius 1 is 1.19 bits per heavy atom. The van der Waals surface area contributed by atoms with Gasteiger partial charge in [0.2, 0.25) is 0 Å². The zero-order chi connectivity index (χ0) is 26.2. The number of benzene rings is 2. The quantitative estimate of drug-likeness (QED) is 0.254. The van der Waals surface area contributed by atoms with E-state index in [0.717, 1.165) is 61.2 Å². The Bertz CT molecular complexity index is 1170. The van der Waals surface area contributed by atoms with Crippen LogP contribution < -0.4 is 4.74 Å². The van der Waals surface area contributed by atoms with Crippen LogP contribution in [0, 0.1) is 11.8 Å². The molecule has 37 heavy (non-hydrogen) atoms. The summed E-state index contributed by atoms with van der Waals surface area (Å²) >= 11 is 5.96. The van der Waals surface area contributed by atoms with Crippen molar-refractivity contribution in [2.75, 3.05) is 26.7 Å². The van der Waals surface area contributed by atoms with Gasteiger partial charge < -0.3 is 14.7 Å². The number of rotatable bonds is 12. The summed E-state index contributed by atoms with van der Waals surface area (Å²) in [5.41, 5.74) is 2.65. The van der Waals surface area contributed by atoms with E-state index in [2.05, 4.69) is 22.0 Å².